The van der Waals surface area contributed by atoms with Crippen LogP contribution in [0.3, 0.4) is 0 Å². The first-order valence-corrected chi connectivity index (χ1v) is 10.6. The molecule has 0 aliphatic carbocycles. The Kier molecular flexibility index (Phi) is 6.16. The molecule has 0 saturated heterocycles. The first-order valence-electron chi connectivity index (χ1n) is 8.77. The Labute approximate surface area is 178 Å². The summed E-state index contributed by atoms with van der Waals surface area (Å²) in [4.78, 5) is 24.4. The molecule has 3 aromatic rings. The zero-order chi connectivity index (χ0) is 22.1. The van der Waals surface area contributed by atoms with Gasteiger partial charge in [0, 0.05) is 30.2 Å². The van der Waals surface area contributed by atoms with E-state index in [9.17, 15) is 18.0 Å². The molecule has 0 radical (unpaired) electrons. The zero-order valence-corrected chi connectivity index (χ0v) is 18.0. The monoisotopic (exact) mass is 450 g/mol. The van der Waals surface area contributed by atoms with Gasteiger partial charge in [-0.25, -0.2) is 17.5 Å². The molecule has 3 rings (SSSR count). The first-order chi connectivity index (χ1) is 14.1. The van der Waals surface area contributed by atoms with Crippen molar-refractivity contribution >= 4 is 50.2 Å². The number of benzene rings is 2. The van der Waals surface area contributed by atoms with Crippen LogP contribution in [0.5, 0.6) is 0 Å². The number of nitrogens with one attached hydrogen (secondary N) is 1. The van der Waals surface area contributed by atoms with Crippen molar-refractivity contribution in [3.63, 3.8) is 0 Å². The van der Waals surface area contributed by atoms with Crippen molar-refractivity contribution in [2.24, 2.45) is 0 Å². The molecule has 158 valence electrons. The second kappa shape index (κ2) is 8.47. The number of furan rings is 1. The predicted octanol–water partition coefficient (Wildman–Crippen LogP) is 3.44. The van der Waals surface area contributed by atoms with Crippen molar-refractivity contribution in [1.82, 2.24) is 4.31 Å². The normalized spacial score (nSPS) is 11.6. The van der Waals surface area contributed by atoms with Gasteiger partial charge < -0.3 is 14.5 Å². The van der Waals surface area contributed by atoms with E-state index in [-0.39, 0.29) is 16.3 Å². The lowest BCUT2D eigenvalue weighted by atomic mass is 10.2. The highest BCUT2D eigenvalue weighted by atomic mass is 35.5. The van der Waals surface area contributed by atoms with Gasteiger partial charge in [0.25, 0.3) is 5.91 Å². The fraction of sp³-hybridized carbons (Fsp3) is 0.200. The fourth-order valence-corrected chi connectivity index (χ4v) is 3.99. The van der Waals surface area contributed by atoms with Gasteiger partial charge in [-0.05, 0) is 48.9 Å². The lowest BCUT2D eigenvalue weighted by Crippen LogP contribution is -2.24. The van der Waals surface area contributed by atoms with Crippen LogP contribution < -0.4 is 5.32 Å². The van der Waals surface area contributed by atoms with E-state index in [0.29, 0.717) is 21.6 Å². The molecule has 0 saturated carbocycles. The molecule has 8 nitrogen and oxygen atoms in total. The number of fused-ring (bicyclic) bond motifs is 1. The molecule has 1 aromatic heterocycles. The van der Waals surface area contributed by atoms with Crippen LogP contribution in [0, 0.1) is 6.92 Å². The van der Waals surface area contributed by atoms with Gasteiger partial charge in [-0.2, -0.15) is 0 Å². The van der Waals surface area contributed by atoms with Crippen LogP contribution in [0.2, 0.25) is 5.02 Å². The van der Waals surface area contributed by atoms with Gasteiger partial charge in [-0.3, -0.25) is 4.79 Å². The molecule has 10 heteroatoms. The third kappa shape index (κ3) is 4.64. The summed E-state index contributed by atoms with van der Waals surface area (Å²) in [6.07, 6.45) is 0. The Hall–Kier alpha value is -2.88. The molecule has 0 fully saturated rings. The Morgan fingerprint density at radius 1 is 1.13 bits per heavy atom. The van der Waals surface area contributed by atoms with E-state index >= 15 is 0 Å². The summed E-state index contributed by atoms with van der Waals surface area (Å²) in [5, 5.41) is 3.64. The maximum atomic E-state index is 12.4. The number of carbonyl (C=O) groups is 2. The highest BCUT2D eigenvalue weighted by Crippen LogP contribution is 2.24. The number of aryl methyl sites for hydroxylation is 1. The second-order valence-corrected chi connectivity index (χ2v) is 9.24. The van der Waals surface area contributed by atoms with Crippen LogP contribution in [-0.2, 0) is 19.6 Å². The van der Waals surface area contributed by atoms with E-state index < -0.39 is 28.5 Å². The summed E-state index contributed by atoms with van der Waals surface area (Å²) in [6, 6.07) is 10.9. The van der Waals surface area contributed by atoms with Crippen molar-refractivity contribution in [2.75, 3.05) is 26.0 Å². The van der Waals surface area contributed by atoms with Crippen LogP contribution >= 0.6 is 11.6 Å². The Balaban J connectivity index is 1.66. The number of esters is 1. The van der Waals surface area contributed by atoms with E-state index in [2.05, 4.69) is 5.32 Å². The molecule has 0 spiro atoms. The standard InChI is InChI=1S/C20H19ClN2O6S/c1-12-4-6-15(10-18(12)30(26,27)23(2)3)22-19(24)11-28-20(25)17-9-13-8-14(21)5-7-16(13)29-17/h4-10H,11H2,1-3H3,(H,22,24). The Bertz CT molecular complexity index is 1230. The van der Waals surface area contributed by atoms with Gasteiger partial charge >= 0.3 is 5.97 Å². The zero-order valence-electron chi connectivity index (χ0n) is 16.4. The van der Waals surface area contributed by atoms with E-state index in [1.54, 1.807) is 37.3 Å². The number of anilines is 1. The van der Waals surface area contributed by atoms with Crippen LogP contribution in [0.1, 0.15) is 16.1 Å². The third-order valence-corrected chi connectivity index (χ3v) is 6.44. The number of hydrogen-bond donors (Lipinski definition) is 1. The molecule has 30 heavy (non-hydrogen) atoms. The molecule has 2 aromatic carbocycles. The number of amides is 1. The third-order valence-electron chi connectivity index (χ3n) is 4.24. The molecule has 0 aliphatic rings. The maximum Gasteiger partial charge on any atom is 0.374 e. The highest BCUT2D eigenvalue weighted by molar-refractivity contribution is 7.89. The van der Waals surface area contributed by atoms with E-state index in [1.165, 1.54) is 26.2 Å². The number of nitrogens with zero attached hydrogens (tertiary/aromatic N) is 1. The van der Waals surface area contributed by atoms with Gasteiger partial charge in [-0.1, -0.05) is 17.7 Å². The SMILES string of the molecule is Cc1ccc(NC(=O)COC(=O)c2cc3cc(Cl)ccc3o2)cc1S(=O)(=O)N(C)C. The molecule has 0 atom stereocenters. The lowest BCUT2D eigenvalue weighted by molar-refractivity contribution is -0.119. The molecule has 1 heterocycles. The van der Waals surface area contributed by atoms with E-state index in [4.69, 9.17) is 20.8 Å². The summed E-state index contributed by atoms with van der Waals surface area (Å²) in [6.45, 7) is 1.09. The molecular weight excluding hydrogens is 432 g/mol. The molecule has 0 bridgehead atoms. The summed E-state index contributed by atoms with van der Waals surface area (Å²) >= 11 is 5.90. The largest absolute Gasteiger partial charge is 0.450 e. The molecule has 1 N–H and O–H groups in total. The summed E-state index contributed by atoms with van der Waals surface area (Å²) in [5.74, 6) is -1.49. The summed E-state index contributed by atoms with van der Waals surface area (Å²) in [5.41, 5.74) is 1.27. The fourth-order valence-electron chi connectivity index (χ4n) is 2.67. The predicted molar refractivity (Wildman–Crippen MR) is 112 cm³/mol. The Morgan fingerprint density at radius 2 is 1.87 bits per heavy atom. The molecular formula is C20H19ClN2O6S. The number of halogens is 1. The van der Waals surface area contributed by atoms with Crippen molar-refractivity contribution in [3.05, 3.63) is 58.8 Å². The average molecular weight is 451 g/mol. The molecule has 0 unspecified atom stereocenters. The quantitative estimate of drug-likeness (QED) is 0.576. The van der Waals surface area contributed by atoms with Gasteiger partial charge in [0.2, 0.25) is 15.8 Å². The van der Waals surface area contributed by atoms with Crippen molar-refractivity contribution < 1.29 is 27.2 Å². The van der Waals surface area contributed by atoms with Crippen molar-refractivity contribution in [1.29, 1.82) is 0 Å². The molecule has 0 aliphatic heterocycles. The minimum Gasteiger partial charge on any atom is -0.450 e. The second-order valence-electron chi connectivity index (χ2n) is 6.68. The maximum absolute atomic E-state index is 12.4. The van der Waals surface area contributed by atoms with Gasteiger partial charge in [0.15, 0.2) is 6.61 Å². The van der Waals surface area contributed by atoms with Gasteiger partial charge in [0.1, 0.15) is 5.58 Å². The van der Waals surface area contributed by atoms with E-state index in [0.717, 1.165) is 4.31 Å². The molecule has 1 amide bonds. The number of carbonyl (C=O) groups excluding carboxylic acids is 2. The first kappa shape index (κ1) is 21.8. The lowest BCUT2D eigenvalue weighted by Gasteiger charge is -2.15. The number of sulfonamides is 1. The minimum absolute atomic E-state index is 0.0604. The number of hydrogen-bond acceptors (Lipinski definition) is 6. The summed E-state index contributed by atoms with van der Waals surface area (Å²) in [7, 11) is -0.824. The highest BCUT2D eigenvalue weighted by Gasteiger charge is 2.21. The van der Waals surface area contributed by atoms with Crippen molar-refractivity contribution in [3.8, 4) is 0 Å². The smallest absolute Gasteiger partial charge is 0.374 e. The van der Waals surface area contributed by atoms with Crippen molar-refractivity contribution in [2.45, 2.75) is 11.8 Å². The summed E-state index contributed by atoms with van der Waals surface area (Å²) < 4.78 is 36.2. The van der Waals surface area contributed by atoms with Crippen LogP contribution in [0.4, 0.5) is 5.69 Å². The Morgan fingerprint density at radius 3 is 2.57 bits per heavy atom. The van der Waals surface area contributed by atoms with E-state index in [1.807, 2.05) is 0 Å². The minimum atomic E-state index is -3.67. The topological polar surface area (TPSA) is 106 Å². The van der Waals surface area contributed by atoms with Gasteiger partial charge in [-0.15, -0.1) is 0 Å². The van der Waals surface area contributed by atoms with Crippen LogP contribution in [0.15, 0.2) is 51.8 Å². The number of ether oxygens (including phenoxy) is 1. The number of rotatable bonds is 6. The van der Waals surface area contributed by atoms with Gasteiger partial charge in [0.05, 0.1) is 4.90 Å². The average Bonchev–Trinajstić information content (AvgIpc) is 3.10. The van der Waals surface area contributed by atoms with Crippen LogP contribution in [-0.4, -0.2) is 45.3 Å². The van der Waals surface area contributed by atoms with Crippen LogP contribution in [0.25, 0.3) is 11.0 Å².